The van der Waals surface area contributed by atoms with E-state index in [4.69, 9.17) is 18.0 Å². The summed E-state index contributed by atoms with van der Waals surface area (Å²) < 4.78 is 25.9. The van der Waals surface area contributed by atoms with E-state index in [1.165, 1.54) is 15.9 Å². The molecule has 0 radical (unpaired) electrons. The predicted octanol–water partition coefficient (Wildman–Crippen LogP) is 10.1. The third kappa shape index (κ3) is 6.46. The van der Waals surface area contributed by atoms with Crippen LogP contribution in [0, 0.1) is 0 Å². The molecule has 5 nitrogen and oxygen atoms in total. The summed E-state index contributed by atoms with van der Waals surface area (Å²) in [4.78, 5) is 0. The van der Waals surface area contributed by atoms with Crippen molar-refractivity contribution in [3.63, 3.8) is 0 Å². The average Bonchev–Trinajstić information content (AvgIpc) is 3.59. The van der Waals surface area contributed by atoms with Crippen LogP contribution in [0.3, 0.4) is 0 Å². The molecule has 0 fully saturated rings. The molecule has 1 heterocycles. The van der Waals surface area contributed by atoms with Crippen molar-refractivity contribution >= 4 is 71.5 Å². The molecule has 0 bridgehead atoms. The van der Waals surface area contributed by atoms with Gasteiger partial charge in [0.25, 0.3) is 0 Å². The summed E-state index contributed by atoms with van der Waals surface area (Å²) in [5, 5.41) is 20.7. The highest BCUT2D eigenvalue weighted by atomic mass is 32.1. The fourth-order valence-electron chi connectivity index (χ4n) is 7.86. The van der Waals surface area contributed by atoms with Crippen LogP contribution in [0.4, 0.5) is 0 Å². The van der Waals surface area contributed by atoms with Crippen molar-refractivity contribution in [1.82, 2.24) is 0 Å². The number of hydrogen-bond acceptors (Lipinski definition) is 6. The molecule has 0 spiro atoms. The molecule has 0 aliphatic carbocycles. The molecule has 1 aliphatic rings. The Morgan fingerprint density at radius 2 is 1.09 bits per heavy atom. The van der Waals surface area contributed by atoms with E-state index in [-0.39, 0.29) is 5.75 Å². The van der Waals surface area contributed by atoms with Gasteiger partial charge in [-0.3, -0.25) is 0 Å². The predicted molar refractivity (Wildman–Crippen MR) is 237 cm³/mol. The smallest absolute Gasteiger partial charge is 0.507 e. The maximum Gasteiger partial charge on any atom is 0.699 e. The number of phenols is 1. The van der Waals surface area contributed by atoms with Crippen molar-refractivity contribution in [1.29, 1.82) is 0 Å². The fourth-order valence-corrected chi connectivity index (χ4v) is 15.1. The van der Waals surface area contributed by atoms with Gasteiger partial charge in [-0.1, -0.05) is 91.0 Å². The number of methoxy groups -OCH3 is 1. The normalized spacial score (nSPS) is 14.9. The Bertz CT molecular complexity index is 2580. The molecular weight excluding hydrogens is 748 g/mol. The summed E-state index contributed by atoms with van der Waals surface area (Å²) in [5.41, 5.74) is 1.66. The third-order valence-electron chi connectivity index (χ3n) is 10.5. The molecule has 0 aromatic heterocycles. The van der Waals surface area contributed by atoms with Gasteiger partial charge in [0, 0.05) is 11.6 Å². The molecule has 1 N–H and O–H groups in total. The van der Waals surface area contributed by atoms with E-state index in [0.29, 0.717) is 34.8 Å². The summed E-state index contributed by atoms with van der Waals surface area (Å²) in [6, 6.07) is 61.2. The lowest BCUT2D eigenvalue weighted by molar-refractivity contribution is 0.290. The zero-order chi connectivity index (χ0) is 38.1. The first-order chi connectivity index (χ1) is 27.5. The van der Waals surface area contributed by atoms with E-state index in [0.717, 1.165) is 44.4 Å². The summed E-state index contributed by atoms with van der Waals surface area (Å²) in [5.74, 6) is 3.42. The average molecular weight is 788 g/mol. The Labute approximate surface area is 334 Å². The first-order valence-corrected chi connectivity index (χ1v) is 23.1. The number of phenolic OH excluding ortho intramolecular Hbond substituents is 1. The van der Waals surface area contributed by atoms with Crippen molar-refractivity contribution < 1.29 is 23.1 Å². The Morgan fingerprint density at radius 1 is 0.554 bits per heavy atom. The molecule has 56 heavy (non-hydrogen) atoms. The van der Waals surface area contributed by atoms with E-state index in [1.807, 2.05) is 42.5 Å². The number of benzene rings is 8. The minimum atomic E-state index is -3.29. The van der Waals surface area contributed by atoms with Crippen LogP contribution in [0.15, 0.2) is 176 Å². The van der Waals surface area contributed by atoms with Gasteiger partial charge in [0.1, 0.15) is 34.2 Å². The van der Waals surface area contributed by atoms with Crippen LogP contribution in [0.25, 0.3) is 32.7 Å². The number of rotatable bonds is 11. The molecule has 8 aromatic carbocycles. The van der Waals surface area contributed by atoms with Crippen molar-refractivity contribution in [2.45, 2.75) is 12.5 Å². The van der Waals surface area contributed by atoms with E-state index in [9.17, 15) is 5.11 Å². The monoisotopic (exact) mass is 787 g/mol. The summed E-state index contributed by atoms with van der Waals surface area (Å²) in [7, 11) is -4.01. The summed E-state index contributed by atoms with van der Waals surface area (Å²) in [6.45, 7) is 0. The van der Waals surface area contributed by atoms with Crippen LogP contribution in [-0.4, -0.2) is 26.8 Å². The maximum absolute atomic E-state index is 11.9. The van der Waals surface area contributed by atoms with Gasteiger partial charge in [-0.2, -0.15) is 12.6 Å². The Morgan fingerprint density at radius 3 is 1.64 bits per heavy atom. The zero-order valence-corrected chi connectivity index (χ0v) is 33.6. The SMILES string of the molecule is COc1cc2ccccc2cc1O[Si]1(CCCS)Oc2cc3ccc(-c4ccc([P+](c5ccccc5)(c5ccccc5)c5ccccc5)cc4O)cc3cc2O1. The van der Waals surface area contributed by atoms with Crippen molar-refractivity contribution in [3.8, 4) is 39.9 Å². The van der Waals surface area contributed by atoms with Gasteiger partial charge < -0.3 is 23.1 Å². The number of hydrogen-bond donors (Lipinski definition) is 2. The zero-order valence-electron chi connectivity index (χ0n) is 30.8. The molecule has 1 aliphatic heterocycles. The second-order valence-electron chi connectivity index (χ2n) is 13.9. The van der Waals surface area contributed by atoms with Crippen LogP contribution < -0.4 is 39.2 Å². The van der Waals surface area contributed by atoms with Gasteiger partial charge in [-0.15, -0.1) is 0 Å². The quantitative estimate of drug-likeness (QED) is 0.0777. The lowest BCUT2D eigenvalue weighted by atomic mass is 10.00. The van der Waals surface area contributed by atoms with Gasteiger partial charge in [0.15, 0.2) is 23.0 Å². The summed E-state index contributed by atoms with van der Waals surface area (Å²) >= 11 is 4.50. The number of aromatic hydroxyl groups is 1. The highest BCUT2D eigenvalue weighted by Gasteiger charge is 2.54. The van der Waals surface area contributed by atoms with Crippen LogP contribution in [-0.2, 0) is 0 Å². The number of fused-ring (bicyclic) bond motifs is 3. The Hall–Kier alpha value is -5.72. The molecular formula is C48H40O5PSSi+. The Kier molecular flexibility index (Phi) is 9.68. The Balaban J connectivity index is 1.09. The molecule has 1 atom stereocenters. The van der Waals surface area contributed by atoms with E-state index < -0.39 is 16.1 Å². The molecule has 276 valence electrons. The van der Waals surface area contributed by atoms with Gasteiger partial charge in [0.2, 0.25) is 0 Å². The van der Waals surface area contributed by atoms with Crippen molar-refractivity contribution in [2.75, 3.05) is 12.9 Å². The van der Waals surface area contributed by atoms with Crippen LogP contribution >= 0.6 is 19.9 Å². The molecule has 8 heteroatoms. The van der Waals surface area contributed by atoms with Gasteiger partial charge >= 0.3 is 8.80 Å². The van der Waals surface area contributed by atoms with Gasteiger partial charge in [0.05, 0.1) is 13.2 Å². The third-order valence-corrected chi connectivity index (χ3v) is 17.6. The van der Waals surface area contributed by atoms with Crippen LogP contribution in [0.2, 0.25) is 6.04 Å². The maximum atomic E-state index is 11.9. The first-order valence-electron chi connectivity index (χ1n) is 18.7. The molecule has 0 amide bonds. The second kappa shape index (κ2) is 15.1. The fraction of sp³-hybridized carbons (Fsp3) is 0.0833. The standard InChI is InChI=1S/C48H39O5PSSi/c1-50-45-29-34-14-11-12-15-35(34)30-46(45)51-56(27-13-26-55)52-47-31-36-22-23-37(28-38(36)32-48(47)53-56)43-25-24-42(33-44(43)49)54(39-16-5-2-6-17-39,40-18-7-3-8-19-40)41-20-9-4-10-21-41/h2-12,14-25,28-33H,13,26-27H2,1H3,(H-,49,55)/p+1. The van der Waals surface area contributed by atoms with E-state index >= 15 is 0 Å². The lowest BCUT2D eigenvalue weighted by Gasteiger charge is -2.28. The molecule has 0 saturated carbocycles. The highest BCUT2D eigenvalue weighted by Crippen LogP contribution is 2.55. The second-order valence-corrected chi connectivity index (χ2v) is 20.2. The van der Waals surface area contributed by atoms with E-state index in [2.05, 4.69) is 146 Å². The molecule has 0 saturated heterocycles. The van der Waals surface area contributed by atoms with Crippen molar-refractivity contribution in [2.24, 2.45) is 0 Å². The van der Waals surface area contributed by atoms with Gasteiger partial charge in [-0.25, -0.2) is 0 Å². The molecule has 1 unspecified atom stereocenters. The largest absolute Gasteiger partial charge is 0.699 e. The topological polar surface area (TPSA) is 57.2 Å². The van der Waals surface area contributed by atoms with Crippen LogP contribution in [0.5, 0.6) is 28.7 Å². The van der Waals surface area contributed by atoms with Crippen molar-refractivity contribution in [3.05, 3.63) is 176 Å². The molecule has 9 rings (SSSR count). The highest BCUT2D eigenvalue weighted by molar-refractivity contribution is 8.01. The lowest BCUT2D eigenvalue weighted by Crippen LogP contribution is -2.51. The number of thiol groups is 1. The molecule has 8 aromatic rings. The first kappa shape index (κ1) is 35.9. The van der Waals surface area contributed by atoms with Crippen LogP contribution in [0.1, 0.15) is 6.42 Å². The minimum Gasteiger partial charge on any atom is -0.507 e. The number of ether oxygens (including phenoxy) is 1. The summed E-state index contributed by atoms with van der Waals surface area (Å²) in [6.07, 6.45) is 0.764. The van der Waals surface area contributed by atoms with E-state index in [1.54, 1.807) is 7.11 Å². The minimum absolute atomic E-state index is 0.227. The van der Waals surface area contributed by atoms with Gasteiger partial charge in [-0.05, 0) is 118 Å².